The molecule has 0 saturated carbocycles. The number of fused-ring (bicyclic) bond motifs is 1. The first-order valence-corrected chi connectivity index (χ1v) is 8.07. The van der Waals surface area contributed by atoms with Crippen molar-refractivity contribution >= 4 is 5.91 Å². The summed E-state index contributed by atoms with van der Waals surface area (Å²) in [6.45, 7) is 2.73. The Kier molecular flexibility index (Phi) is 3.45. The minimum atomic E-state index is -0.545. The highest BCUT2D eigenvalue weighted by Crippen LogP contribution is 2.27. The Hall–Kier alpha value is -2.15. The normalized spacial score (nSPS) is 23.5. The van der Waals surface area contributed by atoms with Gasteiger partial charge in [-0.2, -0.15) is 5.10 Å². The molecule has 7 nitrogen and oxygen atoms in total. The highest BCUT2D eigenvalue weighted by molar-refractivity contribution is 5.94. The van der Waals surface area contributed by atoms with Gasteiger partial charge in [-0.3, -0.25) is 9.89 Å². The van der Waals surface area contributed by atoms with Crippen molar-refractivity contribution in [2.45, 2.75) is 38.7 Å². The molecule has 0 bridgehead atoms. The molecule has 4 rings (SSSR count). The fourth-order valence-electron chi connectivity index (χ4n) is 3.64. The second-order valence-corrected chi connectivity index (χ2v) is 6.56. The molecule has 1 aliphatic carbocycles. The van der Waals surface area contributed by atoms with Crippen molar-refractivity contribution in [2.24, 2.45) is 5.92 Å². The van der Waals surface area contributed by atoms with Crippen molar-refractivity contribution in [3.63, 3.8) is 0 Å². The van der Waals surface area contributed by atoms with Crippen LogP contribution >= 0.6 is 0 Å². The van der Waals surface area contributed by atoms with E-state index in [4.69, 9.17) is 4.52 Å². The lowest BCUT2D eigenvalue weighted by atomic mass is 10.0. The molecule has 1 amide bonds. The summed E-state index contributed by atoms with van der Waals surface area (Å²) in [7, 11) is 0. The quantitative estimate of drug-likeness (QED) is 0.876. The van der Waals surface area contributed by atoms with Crippen LogP contribution in [0.3, 0.4) is 0 Å². The molecule has 1 aliphatic heterocycles. The van der Waals surface area contributed by atoms with Crippen molar-refractivity contribution in [3.8, 4) is 0 Å². The van der Waals surface area contributed by atoms with E-state index >= 15 is 0 Å². The summed E-state index contributed by atoms with van der Waals surface area (Å²) in [6, 6.07) is 1.87. The smallest absolute Gasteiger partial charge is 0.274 e. The maximum atomic E-state index is 12.7. The summed E-state index contributed by atoms with van der Waals surface area (Å²) in [5.74, 6) is 0.638. The molecule has 2 N–H and O–H groups in total. The van der Waals surface area contributed by atoms with E-state index in [0.717, 1.165) is 42.0 Å². The van der Waals surface area contributed by atoms with Crippen molar-refractivity contribution in [3.05, 3.63) is 34.5 Å². The first-order valence-electron chi connectivity index (χ1n) is 8.07. The highest BCUT2D eigenvalue weighted by atomic mass is 16.5. The van der Waals surface area contributed by atoms with Gasteiger partial charge in [0.15, 0.2) is 5.69 Å². The number of aliphatic hydroxyl groups is 1. The second kappa shape index (κ2) is 5.49. The predicted molar refractivity (Wildman–Crippen MR) is 81.0 cm³/mol. The van der Waals surface area contributed by atoms with Gasteiger partial charge in [-0.1, -0.05) is 5.16 Å². The summed E-state index contributed by atoms with van der Waals surface area (Å²) in [5, 5.41) is 21.3. The number of β-amino-alcohol motifs (C(OH)–C–C–N with tert-alkyl or cyclic N) is 1. The van der Waals surface area contributed by atoms with Gasteiger partial charge in [0.1, 0.15) is 5.76 Å². The van der Waals surface area contributed by atoms with Gasteiger partial charge in [0.05, 0.1) is 11.8 Å². The van der Waals surface area contributed by atoms with Crippen LogP contribution in [-0.4, -0.2) is 50.5 Å². The number of hydrogen-bond acceptors (Lipinski definition) is 5. The lowest BCUT2D eigenvalue weighted by molar-refractivity contribution is 0.0758. The van der Waals surface area contributed by atoms with Gasteiger partial charge in [-0.25, -0.2) is 0 Å². The molecule has 2 atom stereocenters. The fraction of sp³-hybridized carbons (Fsp3) is 0.562. The number of carbonyl (C=O) groups is 1. The van der Waals surface area contributed by atoms with Gasteiger partial charge in [0.25, 0.3) is 5.91 Å². The number of rotatable bonds is 3. The lowest BCUT2D eigenvalue weighted by Crippen LogP contribution is -2.30. The van der Waals surface area contributed by atoms with E-state index in [2.05, 4.69) is 15.4 Å². The maximum absolute atomic E-state index is 12.7. The summed E-state index contributed by atoms with van der Waals surface area (Å²) in [5.41, 5.74) is 3.49. The zero-order valence-electron chi connectivity index (χ0n) is 13.1. The van der Waals surface area contributed by atoms with Crippen molar-refractivity contribution in [1.29, 1.82) is 0 Å². The third-order valence-electron chi connectivity index (χ3n) is 4.84. The van der Waals surface area contributed by atoms with Gasteiger partial charge in [-0.05, 0) is 26.2 Å². The van der Waals surface area contributed by atoms with Crippen molar-refractivity contribution in [1.82, 2.24) is 20.3 Å². The molecule has 23 heavy (non-hydrogen) atoms. The first-order chi connectivity index (χ1) is 11.1. The van der Waals surface area contributed by atoms with Crippen molar-refractivity contribution < 1.29 is 14.4 Å². The van der Waals surface area contributed by atoms with Crippen LogP contribution in [0.4, 0.5) is 0 Å². The van der Waals surface area contributed by atoms with Crippen LogP contribution in [0.15, 0.2) is 10.6 Å². The third-order valence-corrected chi connectivity index (χ3v) is 4.84. The number of nitrogens with zero attached hydrogens (tertiary/aromatic N) is 3. The standard InChI is InChI=1S/C16H20N4O3/c1-9-5-11(23-19-9)6-10-7-20(8-14(10)21)16(22)15-12-3-2-4-13(12)17-18-15/h5,10,14,21H,2-4,6-8H2,1H3,(H,17,18). The average molecular weight is 316 g/mol. The van der Waals surface area contributed by atoms with E-state index in [1.807, 2.05) is 13.0 Å². The van der Waals surface area contributed by atoms with Crippen LogP contribution in [0.2, 0.25) is 0 Å². The van der Waals surface area contributed by atoms with Gasteiger partial charge < -0.3 is 14.5 Å². The number of aryl methyl sites for hydroxylation is 2. The molecule has 2 aliphatic rings. The summed E-state index contributed by atoms with van der Waals surface area (Å²) < 4.78 is 5.22. The predicted octanol–water partition coefficient (Wildman–Crippen LogP) is 0.870. The molecule has 0 aromatic carbocycles. The monoisotopic (exact) mass is 316 g/mol. The summed E-state index contributed by atoms with van der Waals surface area (Å²) in [4.78, 5) is 14.4. The Labute approximate surface area is 133 Å². The molecule has 0 radical (unpaired) electrons. The van der Waals surface area contributed by atoms with Crippen LogP contribution < -0.4 is 0 Å². The number of H-pyrrole nitrogens is 1. The number of nitrogens with one attached hydrogen (secondary N) is 1. The van der Waals surface area contributed by atoms with E-state index in [1.54, 1.807) is 4.90 Å². The summed E-state index contributed by atoms with van der Waals surface area (Å²) >= 11 is 0. The molecule has 1 saturated heterocycles. The Bertz CT molecular complexity index is 736. The van der Waals surface area contributed by atoms with E-state index in [-0.39, 0.29) is 11.8 Å². The fourth-order valence-corrected chi connectivity index (χ4v) is 3.64. The largest absolute Gasteiger partial charge is 0.391 e. The minimum Gasteiger partial charge on any atom is -0.391 e. The van der Waals surface area contributed by atoms with Crippen LogP contribution in [0.5, 0.6) is 0 Å². The van der Waals surface area contributed by atoms with Crippen LogP contribution in [-0.2, 0) is 19.3 Å². The molecule has 2 unspecified atom stereocenters. The Balaban J connectivity index is 1.47. The van der Waals surface area contributed by atoms with Gasteiger partial charge in [-0.15, -0.1) is 0 Å². The van der Waals surface area contributed by atoms with Gasteiger partial charge >= 0.3 is 0 Å². The molecule has 0 spiro atoms. The minimum absolute atomic E-state index is 0.0294. The number of aromatic amines is 1. The van der Waals surface area contributed by atoms with E-state index in [9.17, 15) is 9.90 Å². The molecule has 122 valence electrons. The van der Waals surface area contributed by atoms with Crippen molar-refractivity contribution in [2.75, 3.05) is 13.1 Å². The number of likely N-dealkylation sites (tertiary alicyclic amines) is 1. The van der Waals surface area contributed by atoms with E-state index < -0.39 is 6.10 Å². The van der Waals surface area contributed by atoms with E-state index in [1.165, 1.54) is 0 Å². The molecule has 2 aromatic heterocycles. The Morgan fingerprint density at radius 1 is 1.48 bits per heavy atom. The van der Waals surface area contributed by atoms with Gasteiger partial charge in [0, 0.05) is 42.8 Å². The number of hydrogen-bond donors (Lipinski definition) is 2. The molecular formula is C16H20N4O3. The second-order valence-electron chi connectivity index (χ2n) is 6.56. The average Bonchev–Trinajstić information content (AvgIpc) is 3.24. The molecule has 7 heteroatoms. The maximum Gasteiger partial charge on any atom is 0.274 e. The zero-order valence-corrected chi connectivity index (χ0v) is 13.1. The molecular weight excluding hydrogens is 296 g/mol. The molecule has 3 heterocycles. The topological polar surface area (TPSA) is 95.2 Å². The lowest BCUT2D eigenvalue weighted by Gasteiger charge is -2.15. The molecule has 1 fully saturated rings. The number of carbonyl (C=O) groups excluding carboxylic acids is 1. The van der Waals surface area contributed by atoms with Crippen LogP contribution in [0.1, 0.15) is 39.6 Å². The third kappa shape index (κ3) is 2.55. The highest BCUT2D eigenvalue weighted by Gasteiger charge is 2.37. The Morgan fingerprint density at radius 3 is 3.13 bits per heavy atom. The summed E-state index contributed by atoms with van der Waals surface area (Å²) in [6.07, 6.45) is 2.98. The van der Waals surface area contributed by atoms with Gasteiger partial charge in [0.2, 0.25) is 0 Å². The number of aliphatic hydroxyl groups excluding tert-OH is 1. The SMILES string of the molecule is Cc1cc(CC2CN(C(=O)c3n[nH]c4c3CCC4)CC2O)on1. The number of amides is 1. The van der Waals surface area contributed by atoms with E-state index in [0.29, 0.717) is 25.2 Å². The molecule has 2 aromatic rings. The Morgan fingerprint density at radius 2 is 2.35 bits per heavy atom. The first kappa shape index (κ1) is 14.4. The van der Waals surface area contributed by atoms with Crippen LogP contribution in [0, 0.1) is 12.8 Å². The van der Waals surface area contributed by atoms with Crippen LogP contribution in [0.25, 0.3) is 0 Å². The number of aromatic nitrogens is 3. The zero-order chi connectivity index (χ0) is 16.0.